The fourth-order valence-electron chi connectivity index (χ4n) is 1.77. The summed E-state index contributed by atoms with van der Waals surface area (Å²) in [5.74, 6) is 0.110. The minimum Gasteiger partial charge on any atom is -0.358 e. The lowest BCUT2D eigenvalue weighted by molar-refractivity contribution is -0.146. The van der Waals surface area contributed by atoms with Gasteiger partial charge in [-0.05, 0) is 18.6 Å². The van der Waals surface area contributed by atoms with Gasteiger partial charge in [-0.25, -0.2) is 4.98 Å². The number of aromatic nitrogens is 1. The minimum absolute atomic E-state index is 0.161. The average Bonchev–Trinajstić information content (AvgIpc) is 2.40. The predicted molar refractivity (Wildman–Crippen MR) is 63.4 cm³/mol. The molecule has 0 radical (unpaired) electrons. The van der Waals surface area contributed by atoms with Crippen LogP contribution in [0.25, 0.3) is 0 Å². The Labute approximate surface area is 104 Å². The number of imide groups is 1. The molecule has 2 amide bonds. The third-order valence-corrected chi connectivity index (χ3v) is 2.86. The number of pyridine rings is 1. The first-order chi connectivity index (χ1) is 8.61. The number of hydrogen-bond donors (Lipinski definition) is 1. The molecular formula is C12H12N4O2. The van der Waals surface area contributed by atoms with Crippen molar-refractivity contribution in [2.24, 2.45) is 0 Å². The Morgan fingerprint density at radius 1 is 1.50 bits per heavy atom. The molecule has 1 aliphatic rings. The Morgan fingerprint density at radius 3 is 2.89 bits per heavy atom. The maximum atomic E-state index is 11.8. The Kier molecular flexibility index (Phi) is 3.24. The Morgan fingerprint density at radius 2 is 2.28 bits per heavy atom. The lowest BCUT2D eigenvalue weighted by atomic mass is 10.0. The van der Waals surface area contributed by atoms with Gasteiger partial charge < -0.3 is 5.32 Å². The number of carbonyl (C=O) groups excluding carboxylic acids is 2. The van der Waals surface area contributed by atoms with Gasteiger partial charge in [-0.3, -0.25) is 14.5 Å². The molecule has 18 heavy (non-hydrogen) atoms. The van der Waals surface area contributed by atoms with E-state index < -0.39 is 6.04 Å². The Balaban J connectivity index is 2.07. The predicted octanol–water partition coefficient (Wildman–Crippen LogP) is 0.513. The fourth-order valence-corrected chi connectivity index (χ4v) is 1.77. The molecule has 0 spiro atoms. The van der Waals surface area contributed by atoms with Crippen LogP contribution in [0, 0.1) is 11.3 Å². The highest BCUT2D eigenvalue weighted by atomic mass is 16.2. The zero-order valence-corrected chi connectivity index (χ0v) is 9.88. The van der Waals surface area contributed by atoms with Crippen LogP contribution >= 0.6 is 0 Å². The number of piperidine rings is 1. The van der Waals surface area contributed by atoms with Crippen molar-refractivity contribution in [1.82, 2.24) is 9.88 Å². The highest BCUT2D eigenvalue weighted by molar-refractivity contribution is 6.01. The molecule has 0 bridgehead atoms. The normalized spacial score (nSPS) is 19.6. The molecule has 6 heteroatoms. The first kappa shape index (κ1) is 12.0. The van der Waals surface area contributed by atoms with E-state index in [0.29, 0.717) is 24.2 Å². The summed E-state index contributed by atoms with van der Waals surface area (Å²) < 4.78 is 0. The van der Waals surface area contributed by atoms with Crippen LogP contribution < -0.4 is 5.32 Å². The molecule has 1 fully saturated rings. The van der Waals surface area contributed by atoms with Crippen LogP contribution in [0.1, 0.15) is 18.4 Å². The molecule has 1 atom stereocenters. The van der Waals surface area contributed by atoms with Crippen molar-refractivity contribution < 1.29 is 9.59 Å². The van der Waals surface area contributed by atoms with E-state index in [4.69, 9.17) is 5.26 Å². The fraction of sp³-hybridized carbons (Fsp3) is 0.333. The van der Waals surface area contributed by atoms with E-state index in [2.05, 4.69) is 10.3 Å². The minimum atomic E-state index is -0.437. The van der Waals surface area contributed by atoms with Gasteiger partial charge in [0.15, 0.2) is 0 Å². The Bertz CT molecular complexity index is 518. The lowest BCUT2D eigenvalue weighted by Gasteiger charge is -2.28. The van der Waals surface area contributed by atoms with Gasteiger partial charge >= 0.3 is 0 Å². The number of likely N-dealkylation sites (tertiary alicyclic amines) is 1. The zero-order chi connectivity index (χ0) is 13.1. The molecule has 1 N–H and O–H groups in total. The van der Waals surface area contributed by atoms with Gasteiger partial charge in [0.2, 0.25) is 5.91 Å². The van der Waals surface area contributed by atoms with Crippen molar-refractivity contribution in [3.05, 3.63) is 23.9 Å². The summed E-state index contributed by atoms with van der Waals surface area (Å²) in [6, 6.07) is 4.80. The largest absolute Gasteiger partial charge is 0.358 e. The highest BCUT2D eigenvalue weighted by Crippen LogP contribution is 2.15. The number of carbonyl (C=O) groups is 2. The number of amides is 2. The average molecular weight is 244 g/mol. The number of nitriles is 1. The second-order valence-electron chi connectivity index (χ2n) is 4.07. The van der Waals surface area contributed by atoms with Gasteiger partial charge in [0.1, 0.15) is 17.9 Å². The second-order valence-corrected chi connectivity index (χ2v) is 4.07. The smallest absolute Gasteiger partial charge is 0.251 e. The first-order valence-corrected chi connectivity index (χ1v) is 5.55. The monoisotopic (exact) mass is 244 g/mol. The topological polar surface area (TPSA) is 86.1 Å². The molecular weight excluding hydrogens is 232 g/mol. The van der Waals surface area contributed by atoms with Gasteiger partial charge in [-0.1, -0.05) is 0 Å². The van der Waals surface area contributed by atoms with Gasteiger partial charge in [0.25, 0.3) is 5.91 Å². The van der Waals surface area contributed by atoms with Crippen molar-refractivity contribution >= 4 is 17.6 Å². The van der Waals surface area contributed by atoms with E-state index in [1.165, 1.54) is 13.2 Å². The van der Waals surface area contributed by atoms with Crippen LogP contribution in [0.4, 0.5) is 5.82 Å². The quantitative estimate of drug-likeness (QED) is 0.766. The van der Waals surface area contributed by atoms with Gasteiger partial charge in [0, 0.05) is 19.7 Å². The van der Waals surface area contributed by atoms with Gasteiger partial charge in [-0.15, -0.1) is 0 Å². The molecule has 1 saturated heterocycles. The van der Waals surface area contributed by atoms with E-state index in [1.54, 1.807) is 12.1 Å². The SMILES string of the molecule is CN1C(=O)CCC(Nc2ccc(C#N)cn2)C1=O. The van der Waals surface area contributed by atoms with Crippen LogP contribution in [0.5, 0.6) is 0 Å². The first-order valence-electron chi connectivity index (χ1n) is 5.55. The van der Waals surface area contributed by atoms with Gasteiger partial charge in [-0.2, -0.15) is 5.26 Å². The number of nitrogens with zero attached hydrogens (tertiary/aromatic N) is 3. The zero-order valence-electron chi connectivity index (χ0n) is 9.88. The van der Waals surface area contributed by atoms with E-state index in [9.17, 15) is 9.59 Å². The Hall–Kier alpha value is -2.42. The summed E-state index contributed by atoms with van der Waals surface area (Å²) in [5.41, 5.74) is 0.461. The summed E-state index contributed by atoms with van der Waals surface area (Å²) in [5, 5.41) is 11.6. The molecule has 2 heterocycles. The summed E-state index contributed by atoms with van der Waals surface area (Å²) in [6.07, 6.45) is 2.24. The van der Waals surface area contributed by atoms with E-state index >= 15 is 0 Å². The second kappa shape index (κ2) is 4.84. The van der Waals surface area contributed by atoms with Gasteiger partial charge in [0.05, 0.1) is 5.56 Å². The molecule has 6 nitrogen and oxygen atoms in total. The summed E-state index contributed by atoms with van der Waals surface area (Å²) in [7, 11) is 1.48. The van der Waals surface area contributed by atoms with Crippen molar-refractivity contribution in [3.63, 3.8) is 0 Å². The van der Waals surface area contributed by atoms with E-state index in [-0.39, 0.29) is 11.8 Å². The summed E-state index contributed by atoms with van der Waals surface area (Å²) in [4.78, 5) is 28.3. The van der Waals surface area contributed by atoms with Crippen LogP contribution in [-0.2, 0) is 9.59 Å². The number of rotatable bonds is 2. The molecule has 1 unspecified atom stereocenters. The molecule has 1 aromatic heterocycles. The van der Waals surface area contributed by atoms with E-state index in [1.807, 2.05) is 6.07 Å². The van der Waals surface area contributed by atoms with Crippen LogP contribution in [0.15, 0.2) is 18.3 Å². The van der Waals surface area contributed by atoms with Crippen LogP contribution in [0.3, 0.4) is 0 Å². The molecule has 0 aliphatic carbocycles. The van der Waals surface area contributed by atoms with Crippen molar-refractivity contribution in [2.45, 2.75) is 18.9 Å². The number of nitrogens with one attached hydrogen (secondary N) is 1. The lowest BCUT2D eigenvalue weighted by Crippen LogP contribution is -2.48. The maximum absolute atomic E-state index is 11.8. The molecule has 2 rings (SSSR count). The molecule has 92 valence electrons. The number of anilines is 1. The third kappa shape index (κ3) is 2.30. The van der Waals surface area contributed by atoms with Crippen molar-refractivity contribution in [3.8, 4) is 6.07 Å². The number of likely N-dealkylation sites (N-methyl/N-ethyl adjacent to an activating group) is 1. The molecule has 1 aliphatic heterocycles. The van der Waals surface area contributed by atoms with Crippen LogP contribution in [-0.4, -0.2) is 34.8 Å². The van der Waals surface area contributed by atoms with Crippen molar-refractivity contribution in [2.75, 3.05) is 12.4 Å². The van der Waals surface area contributed by atoms with E-state index in [0.717, 1.165) is 4.90 Å². The van der Waals surface area contributed by atoms with Crippen molar-refractivity contribution in [1.29, 1.82) is 5.26 Å². The maximum Gasteiger partial charge on any atom is 0.251 e. The summed E-state index contributed by atoms with van der Waals surface area (Å²) >= 11 is 0. The highest BCUT2D eigenvalue weighted by Gasteiger charge is 2.31. The molecule has 0 saturated carbocycles. The standard InChI is InChI=1S/C12H12N4O2/c1-16-11(17)5-3-9(12(16)18)15-10-4-2-8(6-13)7-14-10/h2,4,7,9H,3,5H2,1H3,(H,14,15). The number of hydrogen-bond acceptors (Lipinski definition) is 5. The molecule has 0 aromatic carbocycles. The summed E-state index contributed by atoms with van der Waals surface area (Å²) in [6.45, 7) is 0. The molecule has 1 aromatic rings. The third-order valence-electron chi connectivity index (χ3n) is 2.86. The van der Waals surface area contributed by atoms with Crippen LogP contribution in [0.2, 0.25) is 0 Å².